The molecular weight excluding hydrogens is 459 g/mol. The largest absolute Gasteiger partial charge is 0.379 e. The van der Waals surface area contributed by atoms with Crippen molar-refractivity contribution >= 4 is 29.9 Å². The van der Waals surface area contributed by atoms with E-state index in [-0.39, 0.29) is 30.1 Å². The Morgan fingerprint density at radius 2 is 2.15 bits per heavy atom. The third-order valence-corrected chi connectivity index (χ3v) is 4.91. The molecule has 8 nitrogen and oxygen atoms in total. The van der Waals surface area contributed by atoms with Crippen LogP contribution in [0.15, 0.2) is 4.99 Å². The number of nitrogens with zero attached hydrogens (tertiary/aromatic N) is 4. The Morgan fingerprint density at radius 3 is 2.96 bits per heavy atom. The fourth-order valence-corrected chi connectivity index (χ4v) is 3.42. The van der Waals surface area contributed by atoms with Crippen LogP contribution in [0.3, 0.4) is 0 Å². The second kappa shape index (κ2) is 12.5. The van der Waals surface area contributed by atoms with Gasteiger partial charge in [0.25, 0.3) is 0 Å². The second-order valence-corrected chi connectivity index (χ2v) is 6.88. The summed E-state index contributed by atoms with van der Waals surface area (Å²) in [6.45, 7) is 5.01. The van der Waals surface area contributed by atoms with Crippen LogP contribution in [0.5, 0.6) is 0 Å². The van der Waals surface area contributed by atoms with Gasteiger partial charge in [-0.05, 0) is 25.7 Å². The average molecular weight is 492 g/mol. The second-order valence-electron chi connectivity index (χ2n) is 6.88. The van der Waals surface area contributed by atoms with Gasteiger partial charge in [0.1, 0.15) is 11.6 Å². The highest BCUT2D eigenvalue weighted by molar-refractivity contribution is 14.0. The first-order valence-corrected chi connectivity index (χ1v) is 9.91. The number of hydrogen-bond acceptors (Lipinski definition) is 5. The maximum Gasteiger partial charge on any atom is 0.190 e. The molecule has 27 heavy (non-hydrogen) atoms. The lowest BCUT2D eigenvalue weighted by atomic mass is 10.2. The first kappa shape index (κ1) is 22.4. The molecular formula is C18H33IN6O2. The van der Waals surface area contributed by atoms with Gasteiger partial charge in [0.05, 0.1) is 12.7 Å². The standard InChI is InChI=1S/C18H32N6O2.HI/c1-19-18(20-9-5-12-26-15-8-13-25-14-15)21-10-7-17-23-22-16-6-3-2-4-11-24(16)17;/h15H,2-14H2,1H3,(H2,19,20,21);1H. The van der Waals surface area contributed by atoms with Gasteiger partial charge in [-0.1, -0.05) is 6.42 Å². The van der Waals surface area contributed by atoms with Crippen LogP contribution in [0.25, 0.3) is 0 Å². The SMILES string of the molecule is CN=C(NCCCOC1CCOC1)NCCc1nnc2n1CCCCC2.I. The van der Waals surface area contributed by atoms with Crippen molar-refractivity contribution in [3.8, 4) is 0 Å². The van der Waals surface area contributed by atoms with E-state index in [9.17, 15) is 0 Å². The molecule has 0 radical (unpaired) electrons. The van der Waals surface area contributed by atoms with Gasteiger partial charge in [-0.25, -0.2) is 0 Å². The van der Waals surface area contributed by atoms with Crippen molar-refractivity contribution in [3.05, 3.63) is 11.6 Å². The van der Waals surface area contributed by atoms with Gasteiger partial charge in [0.15, 0.2) is 5.96 Å². The first-order chi connectivity index (χ1) is 12.9. The molecule has 2 N–H and O–H groups in total. The summed E-state index contributed by atoms with van der Waals surface area (Å²) in [5, 5.41) is 15.4. The van der Waals surface area contributed by atoms with Gasteiger partial charge in [0.2, 0.25) is 0 Å². The van der Waals surface area contributed by atoms with Gasteiger partial charge in [-0.2, -0.15) is 0 Å². The van der Waals surface area contributed by atoms with Crippen molar-refractivity contribution in [2.24, 2.45) is 4.99 Å². The minimum atomic E-state index is 0. The lowest BCUT2D eigenvalue weighted by molar-refractivity contribution is 0.0420. The van der Waals surface area contributed by atoms with E-state index in [1.54, 1.807) is 7.05 Å². The maximum absolute atomic E-state index is 5.77. The van der Waals surface area contributed by atoms with Gasteiger partial charge in [-0.15, -0.1) is 34.2 Å². The van der Waals surface area contributed by atoms with Crippen molar-refractivity contribution in [3.63, 3.8) is 0 Å². The Labute approximate surface area is 178 Å². The third-order valence-electron chi connectivity index (χ3n) is 4.91. The van der Waals surface area contributed by atoms with Gasteiger partial charge < -0.3 is 24.7 Å². The summed E-state index contributed by atoms with van der Waals surface area (Å²) in [6.07, 6.45) is 7.91. The summed E-state index contributed by atoms with van der Waals surface area (Å²) in [6, 6.07) is 0. The molecule has 2 aliphatic rings. The van der Waals surface area contributed by atoms with Crippen LogP contribution in [0.2, 0.25) is 0 Å². The molecule has 1 unspecified atom stereocenters. The number of ether oxygens (including phenoxy) is 2. The maximum atomic E-state index is 5.77. The number of aliphatic imine (C=N–C) groups is 1. The molecule has 1 fully saturated rings. The fourth-order valence-electron chi connectivity index (χ4n) is 3.42. The molecule has 0 aliphatic carbocycles. The molecule has 3 rings (SSSR count). The van der Waals surface area contributed by atoms with Gasteiger partial charge in [0, 0.05) is 52.7 Å². The lowest BCUT2D eigenvalue weighted by Crippen LogP contribution is -2.39. The van der Waals surface area contributed by atoms with Crippen molar-refractivity contribution in [2.75, 3.05) is 40.0 Å². The Morgan fingerprint density at radius 1 is 1.26 bits per heavy atom. The van der Waals surface area contributed by atoms with Crippen molar-refractivity contribution in [1.29, 1.82) is 0 Å². The third kappa shape index (κ3) is 7.19. The van der Waals surface area contributed by atoms with E-state index in [2.05, 4.69) is 30.4 Å². The van der Waals surface area contributed by atoms with Crippen molar-refractivity contribution < 1.29 is 9.47 Å². The number of rotatable bonds is 8. The highest BCUT2D eigenvalue weighted by Crippen LogP contribution is 2.14. The lowest BCUT2D eigenvalue weighted by Gasteiger charge is -2.13. The first-order valence-electron chi connectivity index (χ1n) is 9.91. The Hall–Kier alpha value is -0.940. The minimum absolute atomic E-state index is 0. The van der Waals surface area contributed by atoms with E-state index in [1.807, 2.05) is 0 Å². The molecule has 154 valence electrons. The number of aryl methyl sites for hydroxylation is 1. The van der Waals surface area contributed by atoms with E-state index in [4.69, 9.17) is 9.47 Å². The fraction of sp³-hybridized carbons (Fsp3) is 0.833. The molecule has 1 saturated heterocycles. The summed E-state index contributed by atoms with van der Waals surface area (Å²) in [5.41, 5.74) is 0. The molecule has 1 aromatic rings. The molecule has 2 aliphatic heterocycles. The van der Waals surface area contributed by atoms with Gasteiger partial charge in [-0.3, -0.25) is 4.99 Å². The van der Waals surface area contributed by atoms with E-state index in [0.29, 0.717) is 0 Å². The van der Waals surface area contributed by atoms with Crippen LogP contribution in [0.1, 0.15) is 43.8 Å². The molecule has 0 spiro atoms. The highest BCUT2D eigenvalue weighted by Gasteiger charge is 2.15. The molecule has 3 heterocycles. The highest BCUT2D eigenvalue weighted by atomic mass is 127. The smallest absolute Gasteiger partial charge is 0.190 e. The van der Waals surface area contributed by atoms with Crippen LogP contribution in [-0.4, -0.2) is 66.8 Å². The average Bonchev–Trinajstić information content (AvgIpc) is 3.24. The minimum Gasteiger partial charge on any atom is -0.379 e. The summed E-state index contributed by atoms with van der Waals surface area (Å²) in [4.78, 5) is 4.28. The van der Waals surface area contributed by atoms with E-state index >= 15 is 0 Å². The zero-order valence-electron chi connectivity index (χ0n) is 16.3. The topological polar surface area (TPSA) is 85.6 Å². The molecule has 0 bridgehead atoms. The van der Waals surface area contributed by atoms with Crippen LogP contribution in [0.4, 0.5) is 0 Å². The number of halogens is 1. The summed E-state index contributed by atoms with van der Waals surface area (Å²) in [5.74, 6) is 3.05. The summed E-state index contributed by atoms with van der Waals surface area (Å²) < 4.78 is 13.4. The molecule has 9 heteroatoms. The predicted octanol–water partition coefficient (Wildman–Crippen LogP) is 1.53. The summed E-state index contributed by atoms with van der Waals surface area (Å²) in [7, 11) is 1.80. The molecule has 1 aromatic heterocycles. The Kier molecular flexibility index (Phi) is 10.4. The molecule has 0 amide bonds. The monoisotopic (exact) mass is 492 g/mol. The van der Waals surface area contributed by atoms with Crippen molar-refractivity contribution in [2.45, 2.75) is 57.6 Å². The molecule has 0 aromatic carbocycles. The van der Waals surface area contributed by atoms with Crippen LogP contribution in [-0.2, 0) is 28.9 Å². The number of aromatic nitrogens is 3. The number of nitrogens with one attached hydrogen (secondary N) is 2. The zero-order valence-corrected chi connectivity index (χ0v) is 18.6. The van der Waals surface area contributed by atoms with Crippen LogP contribution >= 0.6 is 24.0 Å². The van der Waals surface area contributed by atoms with E-state index < -0.39 is 0 Å². The normalized spacial score (nSPS) is 19.9. The Balaban J connectivity index is 0.00000261. The molecule has 0 saturated carbocycles. The van der Waals surface area contributed by atoms with Crippen LogP contribution < -0.4 is 10.6 Å². The van der Waals surface area contributed by atoms with Crippen molar-refractivity contribution in [1.82, 2.24) is 25.4 Å². The number of hydrogen-bond donors (Lipinski definition) is 2. The van der Waals surface area contributed by atoms with Crippen LogP contribution in [0, 0.1) is 0 Å². The quantitative estimate of drug-likeness (QED) is 0.248. The Bertz CT molecular complexity index is 574. The predicted molar refractivity (Wildman–Crippen MR) is 116 cm³/mol. The zero-order chi connectivity index (χ0) is 18.0. The number of fused-ring (bicyclic) bond motifs is 1. The summed E-state index contributed by atoms with van der Waals surface area (Å²) >= 11 is 0. The number of guanidine groups is 1. The van der Waals surface area contributed by atoms with Gasteiger partial charge >= 0.3 is 0 Å². The van der Waals surface area contributed by atoms with E-state index in [1.165, 1.54) is 19.3 Å². The van der Waals surface area contributed by atoms with E-state index in [0.717, 1.165) is 82.7 Å². The molecule has 1 atom stereocenters.